The van der Waals surface area contributed by atoms with E-state index in [4.69, 9.17) is 9.90 Å². The highest BCUT2D eigenvalue weighted by atomic mass is 27.0. The van der Waals surface area contributed by atoms with Crippen LogP contribution in [0.5, 0.6) is 0 Å². The van der Waals surface area contributed by atoms with E-state index < -0.39 is 5.97 Å². The van der Waals surface area contributed by atoms with Crippen LogP contribution in [0.3, 0.4) is 0 Å². The minimum Gasteiger partial charge on any atom is -0.481 e. The van der Waals surface area contributed by atoms with Crippen LogP contribution in [0.4, 0.5) is 0 Å². The van der Waals surface area contributed by atoms with Gasteiger partial charge in [-0.1, -0.05) is 0 Å². The van der Waals surface area contributed by atoms with Crippen LogP contribution < -0.4 is 0 Å². The van der Waals surface area contributed by atoms with Crippen LogP contribution in [0, 0.1) is 0 Å². The maximum absolute atomic E-state index is 9.00. The molecule has 0 rings (SSSR count). The predicted octanol–water partition coefficient (Wildman–Crippen LogP) is -1.92. The summed E-state index contributed by atoms with van der Waals surface area (Å²) in [6.45, 7) is 1.08. The summed E-state index contributed by atoms with van der Waals surface area (Å²) < 4.78 is 0. The number of aliphatic carboxylic acids is 1. The maximum Gasteiger partial charge on any atom is 0.300 e. The van der Waals surface area contributed by atoms with Crippen molar-refractivity contribution < 1.29 is 15.4 Å². The van der Waals surface area contributed by atoms with E-state index in [1.54, 1.807) is 0 Å². The van der Waals surface area contributed by atoms with Crippen LogP contribution in [0.25, 0.3) is 0 Å². The lowest BCUT2D eigenvalue weighted by Gasteiger charge is -1.59. The van der Waals surface area contributed by atoms with Gasteiger partial charge in [-0.3, -0.25) is 4.79 Å². The standard InChI is InChI=1S/C2H4O2.Al.H2O.3H/c1-2(3)4;;;;;/h1H3,(H,3,4);;1H2;;;. The van der Waals surface area contributed by atoms with Crippen molar-refractivity contribution in [3.8, 4) is 0 Å². The molecule has 0 fully saturated rings. The van der Waals surface area contributed by atoms with Gasteiger partial charge in [0.2, 0.25) is 0 Å². The summed E-state index contributed by atoms with van der Waals surface area (Å²) >= 11 is 0. The molecule has 0 atom stereocenters. The van der Waals surface area contributed by atoms with Gasteiger partial charge in [-0.05, 0) is 0 Å². The molecule has 0 saturated heterocycles. The Bertz CT molecular complexity index is 31.8. The molecule has 0 aromatic heterocycles. The van der Waals surface area contributed by atoms with E-state index in [0.29, 0.717) is 0 Å². The van der Waals surface area contributed by atoms with Crippen molar-refractivity contribution in [2.45, 2.75) is 6.92 Å². The molecule has 0 radical (unpaired) electrons. The van der Waals surface area contributed by atoms with E-state index in [9.17, 15) is 0 Å². The lowest BCUT2D eigenvalue weighted by atomic mass is 10.9. The Morgan fingerprint density at radius 1 is 1.67 bits per heavy atom. The normalized spacial score (nSPS) is 4.17. The third kappa shape index (κ3) is 24700. The topological polar surface area (TPSA) is 68.8 Å². The Morgan fingerprint density at radius 2 is 1.67 bits per heavy atom. The molecule has 0 saturated carbocycles. The average Bonchev–Trinajstić information content (AvgIpc) is 0.811. The third-order valence-corrected chi connectivity index (χ3v) is 0. The Hall–Kier alpha value is -0.0375. The third-order valence-electron chi connectivity index (χ3n) is 0. The molecule has 0 aromatic carbocycles. The fourth-order valence-corrected chi connectivity index (χ4v) is 0. The van der Waals surface area contributed by atoms with Crippen LogP contribution in [0.1, 0.15) is 6.92 Å². The monoisotopic (exact) mass is 108 g/mol. The summed E-state index contributed by atoms with van der Waals surface area (Å²) in [5.41, 5.74) is 0. The summed E-state index contributed by atoms with van der Waals surface area (Å²) in [7, 11) is 0. The number of hydrogen-bond donors (Lipinski definition) is 1. The van der Waals surface area contributed by atoms with Gasteiger partial charge in [0.25, 0.3) is 5.97 Å². The van der Waals surface area contributed by atoms with Gasteiger partial charge in [0, 0.05) is 6.92 Å². The van der Waals surface area contributed by atoms with Crippen molar-refractivity contribution in [3.05, 3.63) is 0 Å². The first-order chi connectivity index (χ1) is 1.73. The zero-order chi connectivity index (χ0) is 3.58. The van der Waals surface area contributed by atoms with Gasteiger partial charge in [-0.15, -0.1) is 0 Å². The second kappa shape index (κ2) is 8.88. The van der Waals surface area contributed by atoms with E-state index in [1.807, 2.05) is 0 Å². The molecular formula is C2H9AlO3. The van der Waals surface area contributed by atoms with Gasteiger partial charge < -0.3 is 10.6 Å². The predicted molar refractivity (Wildman–Crippen MR) is 26.9 cm³/mol. The Balaban J connectivity index is -0.0000000450. The second-order valence-corrected chi connectivity index (χ2v) is 0.519. The molecule has 0 amide bonds. The maximum atomic E-state index is 9.00. The summed E-state index contributed by atoms with van der Waals surface area (Å²) in [6.07, 6.45) is 0. The fraction of sp³-hybridized carbons (Fsp3) is 0.500. The number of carboxylic acid groups (broad SMARTS) is 1. The largest absolute Gasteiger partial charge is 0.481 e. The molecule has 6 heavy (non-hydrogen) atoms. The van der Waals surface area contributed by atoms with Gasteiger partial charge >= 0.3 is 0 Å². The first-order valence-corrected chi connectivity index (χ1v) is 0.928. The zero-order valence-corrected chi connectivity index (χ0v) is 2.86. The Morgan fingerprint density at radius 3 is 1.67 bits per heavy atom. The van der Waals surface area contributed by atoms with Crippen LogP contribution in [0.2, 0.25) is 0 Å². The smallest absolute Gasteiger partial charge is 0.300 e. The number of carbonyl (C=O) groups is 1. The molecule has 0 aliphatic carbocycles. The van der Waals surface area contributed by atoms with Crippen molar-refractivity contribution in [1.82, 2.24) is 0 Å². The van der Waals surface area contributed by atoms with Crippen LogP contribution in [-0.4, -0.2) is 33.9 Å². The van der Waals surface area contributed by atoms with E-state index >= 15 is 0 Å². The molecule has 3 nitrogen and oxygen atoms in total. The van der Waals surface area contributed by atoms with Crippen LogP contribution in [0.15, 0.2) is 0 Å². The summed E-state index contributed by atoms with van der Waals surface area (Å²) in [5.74, 6) is -0.833. The molecular weight excluding hydrogens is 99.0 g/mol. The molecule has 3 N–H and O–H groups in total. The van der Waals surface area contributed by atoms with Crippen molar-refractivity contribution in [2.24, 2.45) is 0 Å². The molecule has 0 aromatic rings. The average molecular weight is 108 g/mol. The first-order valence-electron chi connectivity index (χ1n) is 0.928. The van der Waals surface area contributed by atoms with E-state index in [0.717, 1.165) is 6.92 Å². The van der Waals surface area contributed by atoms with Gasteiger partial charge in [-0.2, -0.15) is 0 Å². The lowest BCUT2D eigenvalue weighted by molar-refractivity contribution is -0.134. The van der Waals surface area contributed by atoms with Gasteiger partial charge in [-0.25, -0.2) is 0 Å². The molecule has 38 valence electrons. The Labute approximate surface area is 46.4 Å². The lowest BCUT2D eigenvalue weighted by Crippen LogP contribution is -1.78. The molecule has 0 spiro atoms. The molecule has 0 aliphatic rings. The molecule has 0 aliphatic heterocycles. The summed E-state index contributed by atoms with van der Waals surface area (Å²) in [4.78, 5) is 9.00. The summed E-state index contributed by atoms with van der Waals surface area (Å²) in [6, 6.07) is 0. The Kier molecular flexibility index (Phi) is 24.8. The van der Waals surface area contributed by atoms with Crippen molar-refractivity contribution >= 4 is 23.3 Å². The zero-order valence-electron chi connectivity index (χ0n) is 2.86. The fourth-order valence-electron chi connectivity index (χ4n) is 0. The molecule has 4 heteroatoms. The van der Waals surface area contributed by atoms with E-state index in [2.05, 4.69) is 0 Å². The minimum absolute atomic E-state index is 0. The number of rotatable bonds is 0. The quantitative estimate of drug-likeness (QED) is 0.367. The van der Waals surface area contributed by atoms with E-state index in [1.165, 1.54) is 0 Å². The van der Waals surface area contributed by atoms with Gasteiger partial charge in [0.05, 0.1) is 0 Å². The second-order valence-electron chi connectivity index (χ2n) is 0.519. The molecule has 0 unspecified atom stereocenters. The first kappa shape index (κ1) is 16.7. The number of carboxylic acids is 1. The molecule has 0 heterocycles. The highest BCUT2D eigenvalue weighted by molar-refractivity contribution is 5.75. The van der Waals surface area contributed by atoms with Crippen molar-refractivity contribution in [1.29, 1.82) is 0 Å². The minimum atomic E-state index is -0.833. The van der Waals surface area contributed by atoms with Crippen LogP contribution >= 0.6 is 0 Å². The van der Waals surface area contributed by atoms with Crippen molar-refractivity contribution in [3.63, 3.8) is 0 Å². The highest BCUT2D eigenvalue weighted by Crippen LogP contribution is 1.42. The van der Waals surface area contributed by atoms with Crippen molar-refractivity contribution in [2.75, 3.05) is 0 Å². The van der Waals surface area contributed by atoms with Gasteiger partial charge in [0.1, 0.15) is 0 Å². The molecule has 0 bridgehead atoms. The van der Waals surface area contributed by atoms with E-state index in [-0.39, 0.29) is 22.8 Å². The van der Waals surface area contributed by atoms with Crippen LogP contribution in [-0.2, 0) is 4.79 Å². The highest BCUT2D eigenvalue weighted by Gasteiger charge is 1.65. The van der Waals surface area contributed by atoms with Gasteiger partial charge in [0.15, 0.2) is 17.4 Å². The summed E-state index contributed by atoms with van der Waals surface area (Å²) in [5, 5.41) is 7.42. The number of hydrogen-bond acceptors (Lipinski definition) is 1. The SMILES string of the molecule is CC(=O)O.O.[AlH3].